The molecule has 0 aliphatic rings. The van der Waals surface area contributed by atoms with Gasteiger partial charge in [0.2, 0.25) is 0 Å². The first kappa shape index (κ1) is 15.9. The molecule has 0 aliphatic heterocycles. The largest absolute Gasteiger partial charge is 0.355 e. The van der Waals surface area contributed by atoms with Gasteiger partial charge in [0.05, 0.1) is 0 Å². The fraction of sp³-hybridized carbons (Fsp3) is 0.375. The molecule has 2 rings (SSSR count). The summed E-state index contributed by atoms with van der Waals surface area (Å²) < 4.78 is 14.0. The Bertz CT molecular complexity index is 638. The predicted molar refractivity (Wildman–Crippen MR) is 86.9 cm³/mol. The monoisotopic (exact) mass is 351 g/mol. The minimum absolute atomic E-state index is 0.127. The van der Waals surface area contributed by atoms with Gasteiger partial charge >= 0.3 is 0 Å². The second-order valence-electron chi connectivity index (χ2n) is 6.11. The highest BCUT2D eigenvalue weighted by molar-refractivity contribution is 9.10. The maximum absolute atomic E-state index is 13.3. The Hall–Kier alpha value is -1.49. The Labute approximate surface area is 133 Å². The predicted octanol–water partition coefficient (Wildman–Crippen LogP) is 4.31. The summed E-state index contributed by atoms with van der Waals surface area (Å²) in [4.78, 5) is 11.0. The molecule has 2 aromatic rings. The zero-order valence-corrected chi connectivity index (χ0v) is 14.3. The van der Waals surface area contributed by atoms with E-state index in [9.17, 15) is 4.39 Å². The SMILES string of the molecule is CN(Cc1cccc(F)c1)c1cc(Br)nc(C(C)(C)C)n1. The van der Waals surface area contributed by atoms with E-state index in [2.05, 4.69) is 46.7 Å². The van der Waals surface area contributed by atoms with Crippen LogP contribution in [0.1, 0.15) is 32.2 Å². The van der Waals surface area contributed by atoms with Crippen LogP contribution in [-0.4, -0.2) is 17.0 Å². The van der Waals surface area contributed by atoms with E-state index >= 15 is 0 Å². The molecule has 1 aromatic carbocycles. The molecular weight excluding hydrogens is 333 g/mol. The van der Waals surface area contributed by atoms with E-state index in [4.69, 9.17) is 0 Å². The maximum atomic E-state index is 13.3. The molecule has 112 valence electrons. The van der Waals surface area contributed by atoms with Gasteiger partial charge in [0.25, 0.3) is 0 Å². The molecule has 0 spiro atoms. The zero-order chi connectivity index (χ0) is 15.6. The number of halogens is 2. The molecule has 0 bridgehead atoms. The van der Waals surface area contributed by atoms with E-state index in [1.165, 1.54) is 12.1 Å². The van der Waals surface area contributed by atoms with Crippen LogP contribution in [0, 0.1) is 5.82 Å². The van der Waals surface area contributed by atoms with Gasteiger partial charge < -0.3 is 4.90 Å². The molecule has 21 heavy (non-hydrogen) atoms. The van der Waals surface area contributed by atoms with Crippen LogP contribution in [0.2, 0.25) is 0 Å². The van der Waals surface area contributed by atoms with Crippen molar-refractivity contribution in [3.8, 4) is 0 Å². The van der Waals surface area contributed by atoms with Gasteiger partial charge in [0, 0.05) is 25.1 Å². The number of hydrogen-bond donors (Lipinski definition) is 0. The summed E-state index contributed by atoms with van der Waals surface area (Å²) in [5, 5.41) is 0. The lowest BCUT2D eigenvalue weighted by molar-refractivity contribution is 0.542. The second kappa shape index (κ2) is 6.10. The van der Waals surface area contributed by atoms with Gasteiger partial charge in [-0.05, 0) is 33.6 Å². The summed E-state index contributed by atoms with van der Waals surface area (Å²) in [5.41, 5.74) is 0.780. The highest BCUT2D eigenvalue weighted by Crippen LogP contribution is 2.24. The van der Waals surface area contributed by atoms with Crippen molar-refractivity contribution in [3.63, 3.8) is 0 Å². The zero-order valence-electron chi connectivity index (χ0n) is 12.7. The second-order valence-corrected chi connectivity index (χ2v) is 6.92. The summed E-state index contributed by atoms with van der Waals surface area (Å²) in [6.45, 7) is 6.81. The molecule has 0 aliphatic carbocycles. The average Bonchev–Trinajstić information content (AvgIpc) is 2.37. The normalized spacial score (nSPS) is 11.5. The average molecular weight is 352 g/mol. The van der Waals surface area contributed by atoms with Crippen LogP contribution in [0.15, 0.2) is 34.9 Å². The Kier molecular flexibility index (Phi) is 4.61. The summed E-state index contributed by atoms with van der Waals surface area (Å²) >= 11 is 3.43. The van der Waals surface area contributed by atoms with Gasteiger partial charge in [0.1, 0.15) is 22.1 Å². The molecule has 0 saturated carbocycles. The van der Waals surface area contributed by atoms with Crippen LogP contribution in [0.4, 0.5) is 10.2 Å². The standard InChI is InChI=1S/C16H19BrFN3/c1-16(2,3)15-19-13(17)9-14(20-15)21(4)10-11-6-5-7-12(18)8-11/h5-9H,10H2,1-4H3. The van der Waals surface area contributed by atoms with Gasteiger partial charge in [-0.25, -0.2) is 14.4 Å². The van der Waals surface area contributed by atoms with Crippen LogP contribution in [0.3, 0.4) is 0 Å². The van der Waals surface area contributed by atoms with Crippen molar-refractivity contribution >= 4 is 21.7 Å². The number of benzene rings is 1. The lowest BCUT2D eigenvalue weighted by atomic mass is 9.96. The Morgan fingerprint density at radius 1 is 1.19 bits per heavy atom. The third kappa shape index (κ3) is 4.24. The third-order valence-corrected chi connectivity index (χ3v) is 3.46. The van der Waals surface area contributed by atoms with Crippen molar-refractivity contribution in [3.05, 3.63) is 52.1 Å². The Morgan fingerprint density at radius 2 is 1.90 bits per heavy atom. The first-order chi connectivity index (χ1) is 9.75. The minimum atomic E-state index is -0.222. The molecule has 0 fully saturated rings. The number of hydrogen-bond acceptors (Lipinski definition) is 3. The van der Waals surface area contributed by atoms with Crippen LogP contribution < -0.4 is 4.90 Å². The molecular formula is C16H19BrFN3. The van der Waals surface area contributed by atoms with Gasteiger partial charge in [-0.3, -0.25) is 0 Å². The molecule has 5 heteroatoms. The highest BCUT2D eigenvalue weighted by Gasteiger charge is 2.19. The third-order valence-electron chi connectivity index (χ3n) is 3.05. The molecule has 0 saturated heterocycles. The van der Waals surface area contributed by atoms with E-state index in [-0.39, 0.29) is 11.2 Å². The summed E-state index contributed by atoms with van der Waals surface area (Å²) in [6, 6.07) is 8.48. The van der Waals surface area contributed by atoms with Crippen molar-refractivity contribution in [2.24, 2.45) is 0 Å². The van der Waals surface area contributed by atoms with Gasteiger partial charge in [-0.15, -0.1) is 0 Å². The first-order valence-corrected chi connectivity index (χ1v) is 7.55. The molecule has 1 heterocycles. The van der Waals surface area contributed by atoms with Crippen LogP contribution in [0.25, 0.3) is 0 Å². The quantitative estimate of drug-likeness (QED) is 0.771. The van der Waals surface area contributed by atoms with Gasteiger partial charge in [0.15, 0.2) is 0 Å². The number of nitrogens with zero attached hydrogens (tertiary/aromatic N) is 3. The lowest BCUT2D eigenvalue weighted by Gasteiger charge is -2.22. The summed E-state index contributed by atoms with van der Waals surface area (Å²) in [5.74, 6) is 1.36. The fourth-order valence-corrected chi connectivity index (χ4v) is 2.30. The number of rotatable bonds is 3. The minimum Gasteiger partial charge on any atom is -0.355 e. The van der Waals surface area contributed by atoms with Crippen molar-refractivity contribution in [1.82, 2.24) is 9.97 Å². The van der Waals surface area contributed by atoms with Crippen LogP contribution >= 0.6 is 15.9 Å². The van der Waals surface area contributed by atoms with Crippen molar-refractivity contribution < 1.29 is 4.39 Å². The first-order valence-electron chi connectivity index (χ1n) is 6.76. The van der Waals surface area contributed by atoms with Gasteiger partial charge in [-0.1, -0.05) is 32.9 Å². The molecule has 1 aromatic heterocycles. The molecule has 0 atom stereocenters. The van der Waals surface area contributed by atoms with E-state index in [1.54, 1.807) is 6.07 Å². The molecule has 0 amide bonds. The van der Waals surface area contributed by atoms with E-state index < -0.39 is 0 Å². The molecule has 0 N–H and O–H groups in total. The van der Waals surface area contributed by atoms with Crippen molar-refractivity contribution in [2.75, 3.05) is 11.9 Å². The van der Waals surface area contributed by atoms with E-state index in [0.717, 1.165) is 21.8 Å². The van der Waals surface area contributed by atoms with Crippen molar-refractivity contribution in [2.45, 2.75) is 32.7 Å². The molecule has 0 unspecified atom stereocenters. The molecule has 3 nitrogen and oxygen atoms in total. The van der Waals surface area contributed by atoms with E-state index in [0.29, 0.717) is 6.54 Å². The molecule has 0 radical (unpaired) electrons. The Morgan fingerprint density at radius 3 is 2.52 bits per heavy atom. The number of anilines is 1. The van der Waals surface area contributed by atoms with Crippen molar-refractivity contribution in [1.29, 1.82) is 0 Å². The Balaban J connectivity index is 2.27. The fourth-order valence-electron chi connectivity index (χ4n) is 1.93. The topological polar surface area (TPSA) is 29.0 Å². The highest BCUT2D eigenvalue weighted by atomic mass is 79.9. The maximum Gasteiger partial charge on any atom is 0.137 e. The van der Waals surface area contributed by atoms with Crippen LogP contribution in [-0.2, 0) is 12.0 Å². The summed E-state index contributed by atoms with van der Waals surface area (Å²) in [6.07, 6.45) is 0. The summed E-state index contributed by atoms with van der Waals surface area (Å²) in [7, 11) is 1.94. The van der Waals surface area contributed by atoms with Crippen LogP contribution in [0.5, 0.6) is 0 Å². The van der Waals surface area contributed by atoms with E-state index in [1.807, 2.05) is 24.1 Å². The smallest absolute Gasteiger partial charge is 0.137 e. The number of aromatic nitrogens is 2. The van der Waals surface area contributed by atoms with Gasteiger partial charge in [-0.2, -0.15) is 0 Å². The lowest BCUT2D eigenvalue weighted by Crippen LogP contribution is -2.22.